The zero-order valence-corrected chi connectivity index (χ0v) is 20.8. The molecule has 0 bridgehead atoms. The van der Waals surface area contributed by atoms with E-state index in [1.54, 1.807) is 29.9 Å². The Morgan fingerprint density at radius 2 is 1.72 bits per heavy atom. The van der Waals surface area contributed by atoms with Gasteiger partial charge < -0.3 is 14.8 Å². The van der Waals surface area contributed by atoms with Crippen molar-refractivity contribution in [2.24, 2.45) is 0 Å². The van der Waals surface area contributed by atoms with Crippen LogP contribution in [0.1, 0.15) is 22.3 Å². The Bertz CT molecular complexity index is 1470. The molecule has 0 unspecified atom stereocenters. The zero-order chi connectivity index (χ0) is 27.2. The van der Waals surface area contributed by atoms with Gasteiger partial charge in [-0.1, -0.05) is 48.5 Å². The standard InChI is InChI=1S/C29H26N4O6/c34-27(32-37)21-11-13-22(14-12-21)39-23-16-25(33(17-23)29(36)38-18-19-6-2-1-3-7-19)28(35)31-24-10-4-8-20-9-5-15-30-26(20)24/h1-15,23,25,37H,16-18H2,(H,31,35)(H,32,34)/t23-,25+/m0/s1. The molecule has 1 saturated heterocycles. The lowest BCUT2D eigenvalue weighted by molar-refractivity contribution is -0.120. The fourth-order valence-corrected chi connectivity index (χ4v) is 4.50. The molecule has 10 nitrogen and oxygen atoms in total. The summed E-state index contributed by atoms with van der Waals surface area (Å²) in [6.45, 7) is 0.191. The molecule has 39 heavy (non-hydrogen) atoms. The SMILES string of the molecule is O=C(NO)c1ccc(O[C@H]2C[C@H](C(=O)Nc3cccc4cccnc34)N(C(=O)OCc3ccccc3)C2)cc1. The molecule has 2 heterocycles. The highest BCUT2D eigenvalue weighted by atomic mass is 16.6. The minimum Gasteiger partial charge on any atom is -0.488 e. The van der Waals surface area contributed by atoms with Crippen LogP contribution in [0.2, 0.25) is 0 Å². The summed E-state index contributed by atoms with van der Waals surface area (Å²) in [6.07, 6.45) is 0.744. The number of hydrogen-bond acceptors (Lipinski definition) is 7. The zero-order valence-electron chi connectivity index (χ0n) is 20.8. The Morgan fingerprint density at radius 3 is 2.49 bits per heavy atom. The molecule has 3 aromatic carbocycles. The highest BCUT2D eigenvalue weighted by molar-refractivity contribution is 6.03. The van der Waals surface area contributed by atoms with Crippen molar-refractivity contribution >= 4 is 34.5 Å². The van der Waals surface area contributed by atoms with Crippen molar-refractivity contribution in [3.63, 3.8) is 0 Å². The van der Waals surface area contributed by atoms with Crippen molar-refractivity contribution in [3.05, 3.63) is 102 Å². The van der Waals surface area contributed by atoms with Crippen LogP contribution in [-0.2, 0) is 16.1 Å². The number of nitrogens with zero attached hydrogens (tertiary/aromatic N) is 2. The van der Waals surface area contributed by atoms with Crippen LogP contribution in [-0.4, -0.2) is 51.7 Å². The smallest absolute Gasteiger partial charge is 0.410 e. The van der Waals surface area contributed by atoms with Gasteiger partial charge in [-0.15, -0.1) is 0 Å². The third-order valence-corrected chi connectivity index (χ3v) is 6.42. The monoisotopic (exact) mass is 526 g/mol. The fraction of sp³-hybridized carbons (Fsp3) is 0.172. The van der Waals surface area contributed by atoms with Crippen molar-refractivity contribution in [2.75, 3.05) is 11.9 Å². The van der Waals surface area contributed by atoms with Crippen molar-refractivity contribution in [2.45, 2.75) is 25.2 Å². The van der Waals surface area contributed by atoms with Gasteiger partial charge in [0.1, 0.15) is 24.5 Å². The van der Waals surface area contributed by atoms with Crippen LogP contribution in [0.3, 0.4) is 0 Å². The number of amides is 3. The molecule has 198 valence electrons. The summed E-state index contributed by atoms with van der Waals surface area (Å²) in [5.74, 6) is -0.577. The molecule has 1 aliphatic heterocycles. The summed E-state index contributed by atoms with van der Waals surface area (Å²) in [7, 11) is 0. The van der Waals surface area contributed by atoms with Crippen molar-refractivity contribution < 1.29 is 29.1 Å². The van der Waals surface area contributed by atoms with Crippen LogP contribution in [0.5, 0.6) is 5.75 Å². The molecule has 0 radical (unpaired) electrons. The first-order chi connectivity index (χ1) is 19.0. The van der Waals surface area contributed by atoms with Gasteiger partial charge in [-0.2, -0.15) is 0 Å². The number of para-hydroxylation sites is 1. The molecule has 4 aromatic rings. The lowest BCUT2D eigenvalue weighted by atomic mass is 10.1. The maximum Gasteiger partial charge on any atom is 0.410 e. The number of carbonyl (C=O) groups excluding carboxylic acids is 3. The normalized spacial score (nSPS) is 16.5. The van der Waals surface area contributed by atoms with Crippen LogP contribution >= 0.6 is 0 Å². The minimum absolute atomic E-state index is 0.0671. The second kappa shape index (κ2) is 11.6. The van der Waals surface area contributed by atoms with Crippen LogP contribution in [0.4, 0.5) is 10.5 Å². The first kappa shape index (κ1) is 25.7. The quantitative estimate of drug-likeness (QED) is 0.244. The number of fused-ring (bicyclic) bond motifs is 1. The predicted molar refractivity (Wildman–Crippen MR) is 142 cm³/mol. The van der Waals surface area contributed by atoms with E-state index < -0.39 is 24.1 Å². The van der Waals surface area contributed by atoms with E-state index in [4.69, 9.17) is 14.7 Å². The van der Waals surface area contributed by atoms with Gasteiger partial charge in [0, 0.05) is 23.6 Å². The average Bonchev–Trinajstić information content (AvgIpc) is 3.40. The molecule has 0 spiro atoms. The summed E-state index contributed by atoms with van der Waals surface area (Å²) < 4.78 is 11.6. The molecule has 1 aromatic heterocycles. The minimum atomic E-state index is -0.850. The Balaban J connectivity index is 1.33. The molecule has 2 atom stereocenters. The number of hydrogen-bond donors (Lipinski definition) is 3. The predicted octanol–water partition coefficient (Wildman–Crippen LogP) is 4.15. The van der Waals surface area contributed by atoms with Gasteiger partial charge in [0.05, 0.1) is 17.7 Å². The van der Waals surface area contributed by atoms with Gasteiger partial charge in [-0.25, -0.2) is 10.3 Å². The lowest BCUT2D eigenvalue weighted by Gasteiger charge is -2.23. The number of rotatable bonds is 7. The summed E-state index contributed by atoms with van der Waals surface area (Å²) >= 11 is 0. The van der Waals surface area contributed by atoms with Crippen molar-refractivity contribution in [1.29, 1.82) is 0 Å². The van der Waals surface area contributed by atoms with Gasteiger partial charge in [-0.3, -0.25) is 24.7 Å². The molecular formula is C29H26N4O6. The van der Waals surface area contributed by atoms with E-state index in [2.05, 4.69) is 10.3 Å². The molecule has 3 N–H and O–H groups in total. The molecule has 0 aliphatic carbocycles. The molecule has 1 fully saturated rings. The summed E-state index contributed by atoms with van der Waals surface area (Å²) in [6, 6.07) is 23.8. The van der Waals surface area contributed by atoms with Gasteiger partial charge >= 0.3 is 6.09 Å². The number of ether oxygens (including phenoxy) is 2. The van der Waals surface area contributed by atoms with E-state index in [-0.39, 0.29) is 31.0 Å². The number of pyridine rings is 1. The van der Waals surface area contributed by atoms with E-state index in [1.165, 1.54) is 17.0 Å². The van der Waals surface area contributed by atoms with Crippen LogP contribution in [0.15, 0.2) is 91.1 Å². The maximum atomic E-state index is 13.5. The molecule has 0 saturated carbocycles. The van der Waals surface area contributed by atoms with Gasteiger partial charge in [0.2, 0.25) is 5.91 Å². The van der Waals surface area contributed by atoms with Crippen LogP contribution in [0, 0.1) is 0 Å². The third kappa shape index (κ3) is 5.97. The summed E-state index contributed by atoms with van der Waals surface area (Å²) in [4.78, 5) is 44.0. The Morgan fingerprint density at radius 1 is 0.949 bits per heavy atom. The molecule has 5 rings (SSSR count). The largest absolute Gasteiger partial charge is 0.488 e. The second-order valence-electron chi connectivity index (χ2n) is 9.02. The highest BCUT2D eigenvalue weighted by Crippen LogP contribution is 2.27. The Labute approximate surface area is 224 Å². The van der Waals surface area contributed by atoms with E-state index in [1.807, 2.05) is 54.6 Å². The molecule has 1 aliphatic rings. The number of benzene rings is 3. The highest BCUT2D eigenvalue weighted by Gasteiger charge is 2.42. The number of nitrogens with one attached hydrogen (secondary N) is 2. The third-order valence-electron chi connectivity index (χ3n) is 6.42. The number of anilines is 1. The Hall–Kier alpha value is -4.96. The van der Waals surface area contributed by atoms with Crippen LogP contribution in [0.25, 0.3) is 10.9 Å². The summed E-state index contributed by atoms with van der Waals surface area (Å²) in [5.41, 5.74) is 3.84. The van der Waals surface area contributed by atoms with E-state index >= 15 is 0 Å². The van der Waals surface area contributed by atoms with Crippen molar-refractivity contribution in [1.82, 2.24) is 15.4 Å². The van der Waals surface area contributed by atoms with Crippen LogP contribution < -0.4 is 15.5 Å². The second-order valence-corrected chi connectivity index (χ2v) is 9.02. The van der Waals surface area contributed by atoms with Crippen molar-refractivity contribution in [3.8, 4) is 5.75 Å². The topological polar surface area (TPSA) is 130 Å². The molecule has 3 amide bonds. The van der Waals surface area contributed by atoms with Gasteiger partial charge in [-0.05, 0) is 42.0 Å². The van der Waals surface area contributed by atoms with Gasteiger partial charge in [0.15, 0.2) is 0 Å². The molecule has 10 heteroatoms. The Kier molecular flexibility index (Phi) is 7.65. The maximum absolute atomic E-state index is 13.5. The number of hydroxylamine groups is 1. The molecular weight excluding hydrogens is 500 g/mol. The average molecular weight is 527 g/mol. The number of carbonyl (C=O) groups is 3. The number of likely N-dealkylation sites (tertiary alicyclic amines) is 1. The first-order valence-corrected chi connectivity index (χ1v) is 12.3. The fourth-order valence-electron chi connectivity index (χ4n) is 4.50. The number of aromatic nitrogens is 1. The lowest BCUT2D eigenvalue weighted by Crippen LogP contribution is -2.43. The summed E-state index contributed by atoms with van der Waals surface area (Å²) in [5, 5.41) is 12.6. The van der Waals surface area contributed by atoms with E-state index in [9.17, 15) is 14.4 Å². The first-order valence-electron chi connectivity index (χ1n) is 12.3. The van der Waals surface area contributed by atoms with E-state index in [0.717, 1.165) is 10.9 Å². The van der Waals surface area contributed by atoms with Gasteiger partial charge in [0.25, 0.3) is 5.91 Å². The van der Waals surface area contributed by atoms with E-state index in [0.29, 0.717) is 17.0 Å².